The van der Waals surface area contributed by atoms with Gasteiger partial charge in [-0.3, -0.25) is 0 Å². The number of anilines is 1. The van der Waals surface area contributed by atoms with Crippen molar-refractivity contribution in [3.05, 3.63) is 18.5 Å². The van der Waals surface area contributed by atoms with Crippen LogP contribution in [0.5, 0.6) is 0 Å². The molecule has 1 aliphatic rings. The first-order chi connectivity index (χ1) is 7.35. The molecule has 2 N–H and O–H groups in total. The van der Waals surface area contributed by atoms with Gasteiger partial charge in [0, 0.05) is 12.4 Å². The van der Waals surface area contributed by atoms with Crippen LogP contribution in [0.1, 0.15) is 32.1 Å². The average Bonchev–Trinajstić information content (AvgIpc) is 2.32. The molecular weight excluding hydrogens is 190 g/mol. The maximum Gasteiger partial charge on any atom is 0.223 e. The number of hydrogen-bond acceptors (Lipinski definition) is 4. The highest BCUT2D eigenvalue weighted by Crippen LogP contribution is 2.30. The number of hydrogen-bond donors (Lipinski definition) is 2. The Morgan fingerprint density at radius 1 is 1.20 bits per heavy atom. The Morgan fingerprint density at radius 2 is 1.87 bits per heavy atom. The van der Waals surface area contributed by atoms with Gasteiger partial charge in [-0.05, 0) is 18.9 Å². The molecule has 0 amide bonds. The van der Waals surface area contributed by atoms with Crippen molar-refractivity contribution in [2.45, 2.75) is 37.6 Å². The van der Waals surface area contributed by atoms with E-state index in [2.05, 4.69) is 15.3 Å². The Bertz CT molecular complexity index is 296. The molecule has 0 atom stereocenters. The smallest absolute Gasteiger partial charge is 0.223 e. The lowest BCUT2D eigenvalue weighted by atomic mass is 9.82. The SMILES string of the molecule is OCC1(Nc2ncccn2)CCCCC1. The fraction of sp³-hybridized carbons (Fsp3) is 0.636. The zero-order chi connectivity index (χ0) is 10.6. The van der Waals surface area contributed by atoms with Crippen LogP contribution in [0.3, 0.4) is 0 Å². The molecule has 0 aromatic carbocycles. The van der Waals surface area contributed by atoms with E-state index in [9.17, 15) is 5.11 Å². The van der Waals surface area contributed by atoms with Gasteiger partial charge in [-0.1, -0.05) is 19.3 Å². The molecule has 4 heteroatoms. The summed E-state index contributed by atoms with van der Waals surface area (Å²) in [4.78, 5) is 8.26. The molecule has 1 fully saturated rings. The molecule has 1 saturated carbocycles. The van der Waals surface area contributed by atoms with Crippen LogP contribution in [0.2, 0.25) is 0 Å². The van der Waals surface area contributed by atoms with E-state index in [1.807, 2.05) is 0 Å². The van der Waals surface area contributed by atoms with Crippen LogP contribution in [0, 0.1) is 0 Å². The summed E-state index contributed by atoms with van der Waals surface area (Å²) in [6.07, 6.45) is 9.02. The molecule has 1 aliphatic carbocycles. The van der Waals surface area contributed by atoms with E-state index in [0.717, 1.165) is 12.8 Å². The van der Waals surface area contributed by atoms with Gasteiger partial charge in [-0.15, -0.1) is 0 Å². The summed E-state index contributed by atoms with van der Waals surface area (Å²) in [5, 5.41) is 12.8. The summed E-state index contributed by atoms with van der Waals surface area (Å²) in [5.74, 6) is 0.619. The van der Waals surface area contributed by atoms with Gasteiger partial charge in [0.05, 0.1) is 12.1 Å². The number of nitrogens with zero attached hydrogens (tertiary/aromatic N) is 2. The monoisotopic (exact) mass is 207 g/mol. The maximum absolute atomic E-state index is 9.48. The van der Waals surface area contributed by atoms with Gasteiger partial charge in [0.1, 0.15) is 0 Å². The van der Waals surface area contributed by atoms with E-state index in [1.54, 1.807) is 18.5 Å². The van der Waals surface area contributed by atoms with Gasteiger partial charge < -0.3 is 10.4 Å². The number of nitrogens with one attached hydrogen (secondary N) is 1. The zero-order valence-electron chi connectivity index (χ0n) is 8.82. The van der Waals surface area contributed by atoms with Gasteiger partial charge in [0.25, 0.3) is 0 Å². The van der Waals surface area contributed by atoms with Gasteiger partial charge in [-0.25, -0.2) is 9.97 Å². The Hall–Kier alpha value is -1.16. The predicted octanol–water partition coefficient (Wildman–Crippen LogP) is 1.58. The third-order valence-electron chi connectivity index (χ3n) is 3.06. The maximum atomic E-state index is 9.48. The van der Waals surface area contributed by atoms with Crippen LogP contribution in [0.4, 0.5) is 5.95 Å². The standard InChI is InChI=1S/C11H17N3O/c15-9-11(5-2-1-3-6-11)14-10-12-7-4-8-13-10/h4,7-8,15H,1-3,5-6,9H2,(H,12,13,14). The molecule has 82 valence electrons. The van der Waals surface area contributed by atoms with Crippen molar-refractivity contribution in [1.29, 1.82) is 0 Å². The quantitative estimate of drug-likeness (QED) is 0.790. The first kappa shape index (κ1) is 10.4. The Labute approximate surface area is 89.8 Å². The first-order valence-corrected chi connectivity index (χ1v) is 5.51. The normalized spacial score (nSPS) is 19.8. The second kappa shape index (κ2) is 4.57. The van der Waals surface area contributed by atoms with Crippen LogP contribution < -0.4 is 5.32 Å². The molecule has 0 unspecified atom stereocenters. The highest BCUT2D eigenvalue weighted by atomic mass is 16.3. The molecule has 1 heterocycles. The molecule has 1 aromatic rings. The van der Waals surface area contributed by atoms with Crippen LogP contribution in [-0.4, -0.2) is 27.2 Å². The van der Waals surface area contributed by atoms with Crippen LogP contribution >= 0.6 is 0 Å². The molecule has 4 nitrogen and oxygen atoms in total. The Kier molecular flexibility index (Phi) is 3.16. The van der Waals surface area contributed by atoms with Gasteiger partial charge in [0.15, 0.2) is 0 Å². The molecule has 0 radical (unpaired) electrons. The number of aromatic nitrogens is 2. The topological polar surface area (TPSA) is 58.0 Å². The number of aliphatic hydroxyl groups is 1. The van der Waals surface area contributed by atoms with Crippen LogP contribution in [0.15, 0.2) is 18.5 Å². The summed E-state index contributed by atoms with van der Waals surface area (Å²) in [6.45, 7) is 0.158. The largest absolute Gasteiger partial charge is 0.394 e. The number of rotatable bonds is 3. The summed E-state index contributed by atoms with van der Waals surface area (Å²) in [5.41, 5.74) is -0.195. The van der Waals surface area contributed by atoms with Gasteiger partial charge >= 0.3 is 0 Å². The van der Waals surface area contributed by atoms with E-state index in [0.29, 0.717) is 5.95 Å². The van der Waals surface area contributed by atoms with E-state index in [-0.39, 0.29) is 12.1 Å². The molecule has 1 aromatic heterocycles. The summed E-state index contributed by atoms with van der Waals surface area (Å²) in [7, 11) is 0. The second-order valence-electron chi connectivity index (χ2n) is 4.20. The van der Waals surface area contributed by atoms with Crippen molar-refractivity contribution in [1.82, 2.24) is 9.97 Å². The predicted molar refractivity (Wildman–Crippen MR) is 58.6 cm³/mol. The van der Waals surface area contributed by atoms with Crippen molar-refractivity contribution in [2.24, 2.45) is 0 Å². The van der Waals surface area contributed by atoms with Crippen molar-refractivity contribution in [3.63, 3.8) is 0 Å². The van der Waals surface area contributed by atoms with E-state index >= 15 is 0 Å². The van der Waals surface area contributed by atoms with Gasteiger partial charge in [-0.2, -0.15) is 0 Å². The Balaban J connectivity index is 2.07. The van der Waals surface area contributed by atoms with Crippen molar-refractivity contribution >= 4 is 5.95 Å². The summed E-state index contributed by atoms with van der Waals surface area (Å²) < 4.78 is 0. The lowest BCUT2D eigenvalue weighted by Crippen LogP contribution is -2.44. The molecule has 0 saturated heterocycles. The molecule has 2 rings (SSSR count). The third kappa shape index (κ3) is 2.45. The fourth-order valence-electron chi connectivity index (χ4n) is 2.15. The lowest BCUT2D eigenvalue weighted by molar-refractivity contribution is 0.172. The highest BCUT2D eigenvalue weighted by molar-refractivity contribution is 5.28. The van der Waals surface area contributed by atoms with Crippen molar-refractivity contribution in [2.75, 3.05) is 11.9 Å². The van der Waals surface area contributed by atoms with E-state index < -0.39 is 0 Å². The lowest BCUT2D eigenvalue weighted by Gasteiger charge is -2.36. The minimum atomic E-state index is -0.195. The summed E-state index contributed by atoms with van der Waals surface area (Å²) >= 11 is 0. The van der Waals surface area contributed by atoms with Crippen LogP contribution in [-0.2, 0) is 0 Å². The van der Waals surface area contributed by atoms with Crippen molar-refractivity contribution in [3.8, 4) is 0 Å². The molecule has 0 bridgehead atoms. The highest BCUT2D eigenvalue weighted by Gasteiger charge is 2.31. The molecule has 0 spiro atoms. The molecule has 0 aliphatic heterocycles. The van der Waals surface area contributed by atoms with E-state index in [4.69, 9.17) is 0 Å². The van der Waals surface area contributed by atoms with Crippen LogP contribution in [0.25, 0.3) is 0 Å². The minimum absolute atomic E-state index is 0.158. The number of aliphatic hydroxyl groups excluding tert-OH is 1. The van der Waals surface area contributed by atoms with Gasteiger partial charge in [0.2, 0.25) is 5.95 Å². The summed E-state index contributed by atoms with van der Waals surface area (Å²) in [6, 6.07) is 1.79. The second-order valence-corrected chi connectivity index (χ2v) is 4.20. The van der Waals surface area contributed by atoms with E-state index in [1.165, 1.54) is 19.3 Å². The van der Waals surface area contributed by atoms with Crippen molar-refractivity contribution < 1.29 is 5.11 Å². The minimum Gasteiger partial charge on any atom is -0.394 e. The third-order valence-corrected chi connectivity index (χ3v) is 3.06. The first-order valence-electron chi connectivity index (χ1n) is 5.51. The Morgan fingerprint density at radius 3 is 2.47 bits per heavy atom. The fourth-order valence-corrected chi connectivity index (χ4v) is 2.15. The molecule has 15 heavy (non-hydrogen) atoms. The molecular formula is C11H17N3O. The zero-order valence-corrected chi connectivity index (χ0v) is 8.82. The average molecular weight is 207 g/mol.